The van der Waals surface area contributed by atoms with E-state index >= 15 is 0 Å². The van der Waals surface area contributed by atoms with Crippen molar-refractivity contribution in [1.82, 2.24) is 25.4 Å². The zero-order chi connectivity index (χ0) is 20.2. The van der Waals surface area contributed by atoms with Crippen LogP contribution in [0.5, 0.6) is 0 Å². The van der Waals surface area contributed by atoms with Crippen LogP contribution in [0, 0.1) is 6.92 Å². The second kappa shape index (κ2) is 8.43. The Morgan fingerprint density at radius 3 is 2.67 bits per heavy atom. The topological polar surface area (TPSA) is 102 Å². The molecular formula is C18H25N5O3S. The molecule has 2 aromatic heterocycles. The summed E-state index contributed by atoms with van der Waals surface area (Å²) in [5.74, 6) is 0.964. The number of hydrogen-bond acceptors (Lipinski definition) is 6. The number of amides is 3. The number of carbonyl (C=O) groups is 2. The standard InChI is InChI=1S/C18H25N5O3S/c1-7-9-23-14(13-8-10-26-11(13)2)21-22-17(23)27-12(3)15(24)19-16(25)20-18(4,5)6/h7-8,10,12H,1,9H2,2-6H3,(H2,19,20,24,25)/t12-/m0/s1. The molecule has 8 nitrogen and oxygen atoms in total. The van der Waals surface area contributed by atoms with Crippen molar-refractivity contribution < 1.29 is 14.0 Å². The van der Waals surface area contributed by atoms with E-state index < -0.39 is 22.7 Å². The molecule has 0 saturated heterocycles. The summed E-state index contributed by atoms with van der Waals surface area (Å²) in [6.07, 6.45) is 3.32. The summed E-state index contributed by atoms with van der Waals surface area (Å²) >= 11 is 1.22. The van der Waals surface area contributed by atoms with Crippen molar-refractivity contribution in [3.8, 4) is 11.4 Å². The van der Waals surface area contributed by atoms with Crippen molar-refractivity contribution in [3.63, 3.8) is 0 Å². The number of nitrogens with zero attached hydrogens (tertiary/aromatic N) is 3. The summed E-state index contributed by atoms with van der Waals surface area (Å²) in [6.45, 7) is 13.3. The van der Waals surface area contributed by atoms with Crippen LogP contribution in [0.3, 0.4) is 0 Å². The largest absolute Gasteiger partial charge is 0.469 e. The van der Waals surface area contributed by atoms with Gasteiger partial charge in [-0.15, -0.1) is 16.8 Å². The molecule has 0 unspecified atom stereocenters. The molecule has 2 rings (SSSR count). The Hall–Kier alpha value is -2.55. The fourth-order valence-corrected chi connectivity index (χ4v) is 3.14. The number of aryl methyl sites for hydroxylation is 1. The molecule has 0 radical (unpaired) electrons. The van der Waals surface area contributed by atoms with Gasteiger partial charge in [0.2, 0.25) is 5.91 Å². The van der Waals surface area contributed by atoms with Gasteiger partial charge in [0, 0.05) is 12.1 Å². The van der Waals surface area contributed by atoms with Crippen molar-refractivity contribution in [2.24, 2.45) is 0 Å². The molecule has 0 aliphatic heterocycles. The lowest BCUT2D eigenvalue weighted by molar-refractivity contribution is -0.119. The molecule has 0 aromatic carbocycles. The van der Waals surface area contributed by atoms with Crippen LogP contribution in [0.2, 0.25) is 0 Å². The zero-order valence-corrected chi connectivity index (χ0v) is 17.0. The van der Waals surface area contributed by atoms with E-state index in [9.17, 15) is 9.59 Å². The van der Waals surface area contributed by atoms with E-state index in [0.717, 1.165) is 11.3 Å². The first-order valence-electron chi connectivity index (χ1n) is 8.50. The quantitative estimate of drug-likeness (QED) is 0.579. The normalized spacial score (nSPS) is 12.5. The molecule has 1 atom stereocenters. The molecule has 0 aliphatic rings. The van der Waals surface area contributed by atoms with Crippen molar-refractivity contribution in [1.29, 1.82) is 0 Å². The van der Waals surface area contributed by atoms with Gasteiger partial charge in [0.25, 0.3) is 0 Å². The minimum Gasteiger partial charge on any atom is -0.469 e. The predicted molar refractivity (Wildman–Crippen MR) is 104 cm³/mol. The fourth-order valence-electron chi connectivity index (χ4n) is 2.28. The molecule has 27 heavy (non-hydrogen) atoms. The van der Waals surface area contributed by atoms with Gasteiger partial charge in [0.05, 0.1) is 17.1 Å². The maximum Gasteiger partial charge on any atom is 0.321 e. The molecule has 3 amide bonds. The summed E-state index contributed by atoms with van der Waals surface area (Å²) in [5, 5.41) is 13.5. The van der Waals surface area contributed by atoms with Gasteiger partial charge in [0.15, 0.2) is 11.0 Å². The lowest BCUT2D eigenvalue weighted by Gasteiger charge is -2.21. The van der Waals surface area contributed by atoms with Crippen LogP contribution in [-0.4, -0.2) is 37.5 Å². The smallest absolute Gasteiger partial charge is 0.321 e. The summed E-state index contributed by atoms with van der Waals surface area (Å²) < 4.78 is 7.20. The molecule has 0 fully saturated rings. The first kappa shape index (κ1) is 20.8. The van der Waals surface area contributed by atoms with E-state index in [1.807, 2.05) is 38.3 Å². The molecule has 146 valence electrons. The highest BCUT2D eigenvalue weighted by molar-refractivity contribution is 8.00. The Bertz CT molecular complexity index is 834. The lowest BCUT2D eigenvalue weighted by Crippen LogP contribution is -2.49. The summed E-state index contributed by atoms with van der Waals surface area (Å²) in [4.78, 5) is 24.2. The van der Waals surface area contributed by atoms with E-state index in [1.54, 1.807) is 19.3 Å². The molecule has 2 aromatic rings. The molecule has 0 bridgehead atoms. The van der Waals surface area contributed by atoms with Crippen LogP contribution in [0.15, 0.2) is 34.6 Å². The minimum absolute atomic E-state index is 0.407. The first-order chi connectivity index (χ1) is 12.6. The van der Waals surface area contributed by atoms with Gasteiger partial charge in [-0.05, 0) is 40.7 Å². The Morgan fingerprint density at radius 2 is 2.11 bits per heavy atom. The Labute approximate surface area is 162 Å². The van der Waals surface area contributed by atoms with Crippen LogP contribution in [-0.2, 0) is 11.3 Å². The lowest BCUT2D eigenvalue weighted by atomic mass is 10.1. The first-order valence-corrected chi connectivity index (χ1v) is 9.38. The van der Waals surface area contributed by atoms with Crippen LogP contribution in [0.1, 0.15) is 33.5 Å². The van der Waals surface area contributed by atoms with E-state index in [2.05, 4.69) is 27.4 Å². The zero-order valence-electron chi connectivity index (χ0n) is 16.2. The third kappa shape index (κ3) is 5.46. The number of thioether (sulfide) groups is 1. The molecule has 0 aliphatic carbocycles. The number of allylic oxidation sites excluding steroid dienone is 1. The van der Waals surface area contributed by atoms with Crippen LogP contribution >= 0.6 is 11.8 Å². The minimum atomic E-state index is -0.540. The van der Waals surface area contributed by atoms with Gasteiger partial charge in [-0.2, -0.15) is 0 Å². The number of aromatic nitrogens is 3. The highest BCUT2D eigenvalue weighted by Crippen LogP contribution is 2.29. The van der Waals surface area contributed by atoms with E-state index in [1.165, 1.54) is 11.8 Å². The third-order valence-electron chi connectivity index (χ3n) is 3.50. The number of imide groups is 1. The van der Waals surface area contributed by atoms with Gasteiger partial charge in [-0.3, -0.25) is 14.7 Å². The van der Waals surface area contributed by atoms with Crippen molar-refractivity contribution >= 4 is 23.7 Å². The van der Waals surface area contributed by atoms with Gasteiger partial charge >= 0.3 is 6.03 Å². The van der Waals surface area contributed by atoms with Crippen LogP contribution < -0.4 is 10.6 Å². The fraction of sp³-hybridized carbons (Fsp3) is 0.444. The Kier molecular flexibility index (Phi) is 6.48. The van der Waals surface area contributed by atoms with E-state index in [-0.39, 0.29) is 0 Å². The predicted octanol–water partition coefficient (Wildman–Crippen LogP) is 3.14. The molecule has 9 heteroatoms. The van der Waals surface area contributed by atoms with Gasteiger partial charge < -0.3 is 9.73 Å². The summed E-state index contributed by atoms with van der Waals surface area (Å²) in [7, 11) is 0. The molecule has 2 N–H and O–H groups in total. The number of nitrogens with one attached hydrogen (secondary N) is 2. The summed E-state index contributed by atoms with van der Waals surface area (Å²) in [6, 6.07) is 1.29. The second-order valence-corrected chi connectivity index (χ2v) is 8.36. The Balaban J connectivity index is 2.13. The van der Waals surface area contributed by atoms with Gasteiger partial charge in [-0.25, -0.2) is 4.79 Å². The Morgan fingerprint density at radius 1 is 1.41 bits per heavy atom. The van der Waals surface area contributed by atoms with Crippen molar-refractivity contribution in [3.05, 3.63) is 30.7 Å². The van der Waals surface area contributed by atoms with E-state index in [4.69, 9.17) is 4.42 Å². The average Bonchev–Trinajstić information content (AvgIpc) is 3.12. The maximum atomic E-state index is 12.3. The molecule has 2 heterocycles. The molecule has 0 saturated carbocycles. The maximum absolute atomic E-state index is 12.3. The number of urea groups is 1. The molecular weight excluding hydrogens is 366 g/mol. The molecule has 0 spiro atoms. The van der Waals surface area contributed by atoms with Gasteiger partial charge in [0.1, 0.15) is 5.76 Å². The highest BCUT2D eigenvalue weighted by Gasteiger charge is 2.24. The van der Waals surface area contributed by atoms with Gasteiger partial charge in [-0.1, -0.05) is 17.8 Å². The second-order valence-electron chi connectivity index (χ2n) is 7.05. The number of furan rings is 1. The highest BCUT2D eigenvalue weighted by atomic mass is 32.2. The van der Waals surface area contributed by atoms with Crippen molar-refractivity contribution in [2.75, 3.05) is 0 Å². The average molecular weight is 391 g/mol. The number of carbonyl (C=O) groups excluding carboxylic acids is 2. The van der Waals surface area contributed by atoms with Crippen molar-refractivity contribution in [2.45, 2.75) is 57.1 Å². The van der Waals surface area contributed by atoms with E-state index in [0.29, 0.717) is 17.5 Å². The SMILES string of the molecule is C=CCn1c(S[C@@H](C)C(=O)NC(=O)NC(C)(C)C)nnc1-c1ccoc1C. The van der Waals surface area contributed by atoms with Crippen LogP contribution in [0.25, 0.3) is 11.4 Å². The summed E-state index contributed by atoms with van der Waals surface area (Å²) in [5.41, 5.74) is 0.403. The monoisotopic (exact) mass is 391 g/mol. The number of rotatable bonds is 6. The third-order valence-corrected chi connectivity index (χ3v) is 4.59. The van der Waals surface area contributed by atoms with Crippen LogP contribution in [0.4, 0.5) is 4.79 Å². The number of hydrogen-bond donors (Lipinski definition) is 2.